The van der Waals surface area contributed by atoms with E-state index in [0.29, 0.717) is 17.2 Å². The monoisotopic (exact) mass is 348 g/mol. The van der Waals surface area contributed by atoms with Gasteiger partial charge in [-0.15, -0.1) is 11.3 Å². The van der Waals surface area contributed by atoms with Crippen LogP contribution in [0.4, 0.5) is 0 Å². The third kappa shape index (κ3) is 3.52. The van der Waals surface area contributed by atoms with E-state index in [2.05, 4.69) is 10.3 Å². The van der Waals surface area contributed by atoms with Crippen molar-refractivity contribution in [2.75, 3.05) is 6.54 Å². The van der Waals surface area contributed by atoms with Crippen LogP contribution >= 0.6 is 22.7 Å². The number of carbonyl (C=O) groups is 1. The van der Waals surface area contributed by atoms with Crippen molar-refractivity contribution in [2.45, 2.75) is 19.4 Å². The van der Waals surface area contributed by atoms with Gasteiger partial charge in [0, 0.05) is 16.3 Å². The molecule has 0 saturated heterocycles. The van der Waals surface area contributed by atoms with E-state index in [4.69, 9.17) is 4.42 Å². The molecule has 0 aliphatic heterocycles. The summed E-state index contributed by atoms with van der Waals surface area (Å²) in [6.07, 6.45) is 0. The number of nitrogens with one attached hydrogen (secondary N) is 1. The molecule has 0 aliphatic rings. The summed E-state index contributed by atoms with van der Waals surface area (Å²) in [6.45, 7) is 3.45. The highest BCUT2D eigenvalue weighted by molar-refractivity contribution is 7.14. The second kappa shape index (κ2) is 6.27. The lowest BCUT2D eigenvalue weighted by Crippen LogP contribution is -2.38. The van der Waals surface area contributed by atoms with Gasteiger partial charge in [-0.2, -0.15) is 11.3 Å². The lowest BCUT2D eigenvalue weighted by atomic mass is 10.0. The molecule has 5 nitrogen and oxygen atoms in total. The Kier molecular flexibility index (Phi) is 4.34. The maximum absolute atomic E-state index is 12.2. The number of aryl methyl sites for hydroxylation is 1. The Morgan fingerprint density at radius 3 is 2.87 bits per heavy atom. The fraction of sp³-hybridized carbons (Fsp3) is 0.250. The van der Waals surface area contributed by atoms with E-state index in [0.717, 1.165) is 10.6 Å². The molecule has 3 aromatic heterocycles. The maximum Gasteiger partial charge on any atom is 0.270 e. The topological polar surface area (TPSA) is 75.4 Å². The lowest BCUT2D eigenvalue weighted by Gasteiger charge is -2.20. The van der Waals surface area contributed by atoms with Crippen LogP contribution < -0.4 is 5.32 Å². The van der Waals surface area contributed by atoms with Gasteiger partial charge in [0.1, 0.15) is 27.8 Å². The lowest BCUT2D eigenvalue weighted by molar-refractivity contribution is 0.0323. The first-order chi connectivity index (χ1) is 11.0. The molecule has 0 spiro atoms. The summed E-state index contributed by atoms with van der Waals surface area (Å²) in [5, 5.41) is 19.6. The van der Waals surface area contributed by atoms with E-state index in [9.17, 15) is 9.90 Å². The van der Waals surface area contributed by atoms with Gasteiger partial charge < -0.3 is 14.8 Å². The van der Waals surface area contributed by atoms with Crippen LogP contribution in [0.25, 0.3) is 10.6 Å². The zero-order valence-corrected chi connectivity index (χ0v) is 14.3. The predicted octanol–water partition coefficient (Wildman–Crippen LogP) is 3.41. The first-order valence-electron chi connectivity index (χ1n) is 7.01. The molecule has 3 aromatic rings. The van der Waals surface area contributed by atoms with Crippen LogP contribution in [0.2, 0.25) is 0 Å². The molecule has 0 bridgehead atoms. The SMILES string of the molecule is Cc1ccc(C(C)(O)CNC(=O)c2csc(-c3ccsc3)n2)o1. The second-order valence-electron chi connectivity index (χ2n) is 5.42. The highest BCUT2D eigenvalue weighted by atomic mass is 32.1. The summed E-state index contributed by atoms with van der Waals surface area (Å²) in [6, 6.07) is 5.45. The molecule has 3 heterocycles. The van der Waals surface area contributed by atoms with E-state index in [-0.39, 0.29) is 12.5 Å². The van der Waals surface area contributed by atoms with Crippen LogP contribution in [0.3, 0.4) is 0 Å². The summed E-state index contributed by atoms with van der Waals surface area (Å²) in [4.78, 5) is 16.5. The number of thiophene rings is 1. The largest absolute Gasteiger partial charge is 0.463 e. The van der Waals surface area contributed by atoms with Gasteiger partial charge in [0.25, 0.3) is 5.91 Å². The Hall–Kier alpha value is -1.96. The minimum Gasteiger partial charge on any atom is -0.463 e. The van der Waals surface area contributed by atoms with Gasteiger partial charge in [0.15, 0.2) is 0 Å². The third-order valence-corrected chi connectivity index (χ3v) is 4.94. The Balaban J connectivity index is 1.65. The predicted molar refractivity (Wildman–Crippen MR) is 90.8 cm³/mol. The molecule has 0 radical (unpaired) electrons. The smallest absolute Gasteiger partial charge is 0.270 e. The summed E-state index contributed by atoms with van der Waals surface area (Å²) >= 11 is 3.01. The van der Waals surface area contributed by atoms with Crippen molar-refractivity contribution in [2.24, 2.45) is 0 Å². The number of thiazole rings is 1. The molecule has 0 aromatic carbocycles. The summed E-state index contributed by atoms with van der Waals surface area (Å²) < 4.78 is 5.43. The molecule has 1 atom stereocenters. The van der Waals surface area contributed by atoms with Crippen LogP contribution in [0.1, 0.15) is 28.9 Å². The van der Waals surface area contributed by atoms with Crippen molar-refractivity contribution in [3.63, 3.8) is 0 Å². The number of hydrogen-bond acceptors (Lipinski definition) is 6. The van der Waals surface area contributed by atoms with Crippen LogP contribution in [0.15, 0.2) is 38.8 Å². The Morgan fingerprint density at radius 1 is 1.39 bits per heavy atom. The number of hydrogen-bond donors (Lipinski definition) is 2. The van der Waals surface area contributed by atoms with Crippen molar-refractivity contribution < 1.29 is 14.3 Å². The number of rotatable bonds is 5. The highest BCUT2D eigenvalue weighted by Gasteiger charge is 2.28. The standard InChI is InChI=1S/C16H16N2O3S2/c1-10-3-4-13(21-10)16(2,20)9-17-14(19)12-8-23-15(18-12)11-5-6-22-7-11/h3-8,20H,9H2,1-2H3,(H,17,19). The van der Waals surface area contributed by atoms with E-state index in [1.54, 1.807) is 42.7 Å². The van der Waals surface area contributed by atoms with Crippen LogP contribution in [0.5, 0.6) is 0 Å². The van der Waals surface area contributed by atoms with Crippen molar-refractivity contribution >= 4 is 28.6 Å². The quantitative estimate of drug-likeness (QED) is 0.741. The number of amides is 1. The third-order valence-electron chi connectivity index (χ3n) is 3.37. The van der Waals surface area contributed by atoms with Crippen molar-refractivity contribution in [3.05, 3.63) is 51.6 Å². The normalized spacial score (nSPS) is 13.7. The highest BCUT2D eigenvalue weighted by Crippen LogP contribution is 2.26. The average Bonchev–Trinajstić information content (AvgIpc) is 3.24. The number of nitrogens with zero attached hydrogens (tertiary/aromatic N) is 1. The number of carbonyl (C=O) groups excluding carboxylic acids is 1. The van der Waals surface area contributed by atoms with Crippen molar-refractivity contribution in [1.82, 2.24) is 10.3 Å². The maximum atomic E-state index is 12.2. The fourth-order valence-corrected chi connectivity index (χ4v) is 3.56. The minimum atomic E-state index is -1.27. The molecule has 1 unspecified atom stereocenters. The minimum absolute atomic E-state index is 0.0457. The fourth-order valence-electron chi connectivity index (χ4n) is 2.05. The molecule has 7 heteroatoms. The molecular formula is C16H16N2O3S2. The van der Waals surface area contributed by atoms with Crippen LogP contribution in [-0.4, -0.2) is 22.5 Å². The van der Waals surface area contributed by atoms with E-state index < -0.39 is 5.60 Å². The first-order valence-corrected chi connectivity index (χ1v) is 8.83. The summed E-state index contributed by atoms with van der Waals surface area (Å²) in [5.41, 5.74) is 0.0931. The number of furan rings is 1. The zero-order valence-electron chi connectivity index (χ0n) is 12.7. The van der Waals surface area contributed by atoms with E-state index in [1.165, 1.54) is 11.3 Å². The number of aliphatic hydroxyl groups is 1. The molecule has 1 amide bonds. The van der Waals surface area contributed by atoms with Gasteiger partial charge >= 0.3 is 0 Å². The van der Waals surface area contributed by atoms with Gasteiger partial charge in [0.2, 0.25) is 0 Å². The van der Waals surface area contributed by atoms with Gasteiger partial charge in [-0.05, 0) is 37.4 Å². The molecule has 3 rings (SSSR count). The van der Waals surface area contributed by atoms with E-state index >= 15 is 0 Å². The van der Waals surface area contributed by atoms with Gasteiger partial charge in [0.05, 0.1) is 6.54 Å². The summed E-state index contributed by atoms with van der Waals surface area (Å²) in [7, 11) is 0. The van der Waals surface area contributed by atoms with Gasteiger partial charge in [-0.25, -0.2) is 4.98 Å². The molecule has 2 N–H and O–H groups in total. The Bertz CT molecular complexity index is 803. The van der Waals surface area contributed by atoms with Crippen molar-refractivity contribution in [1.29, 1.82) is 0 Å². The molecule has 23 heavy (non-hydrogen) atoms. The van der Waals surface area contributed by atoms with E-state index in [1.807, 2.05) is 16.8 Å². The Labute approximate surface area is 141 Å². The zero-order chi connectivity index (χ0) is 16.4. The van der Waals surface area contributed by atoms with Crippen LogP contribution in [-0.2, 0) is 5.60 Å². The molecule has 0 aliphatic carbocycles. The molecular weight excluding hydrogens is 332 g/mol. The molecule has 0 fully saturated rings. The van der Waals surface area contributed by atoms with Gasteiger partial charge in [-0.3, -0.25) is 4.79 Å². The van der Waals surface area contributed by atoms with Crippen LogP contribution in [0, 0.1) is 6.92 Å². The Morgan fingerprint density at radius 2 is 2.22 bits per heavy atom. The molecule has 0 saturated carbocycles. The van der Waals surface area contributed by atoms with Crippen molar-refractivity contribution in [3.8, 4) is 10.6 Å². The first kappa shape index (κ1) is 15.9. The van der Waals surface area contributed by atoms with Gasteiger partial charge in [-0.1, -0.05) is 0 Å². The second-order valence-corrected chi connectivity index (χ2v) is 7.05. The average molecular weight is 348 g/mol. The molecule has 120 valence electrons. The number of aromatic nitrogens is 1. The summed E-state index contributed by atoms with van der Waals surface area (Å²) in [5.74, 6) is 0.824.